The molecule has 0 unspecified atom stereocenters. The summed E-state index contributed by atoms with van der Waals surface area (Å²) >= 11 is 5.82. The Balaban J connectivity index is 1.89. The van der Waals surface area contributed by atoms with Gasteiger partial charge in [0.15, 0.2) is 0 Å². The van der Waals surface area contributed by atoms with Crippen LogP contribution in [-0.4, -0.2) is 51.9 Å². The van der Waals surface area contributed by atoms with Crippen molar-refractivity contribution in [1.29, 1.82) is 0 Å². The maximum absolute atomic E-state index is 13.4. The SMILES string of the molecule is Cc1cc(S(=O)(=O)NCCCN2CCNC(=O)C2)c(Cl)cc1F. The molecule has 1 aliphatic heterocycles. The summed E-state index contributed by atoms with van der Waals surface area (Å²) in [6.07, 6.45) is 0.560. The van der Waals surface area contributed by atoms with Gasteiger partial charge in [-0.15, -0.1) is 0 Å². The molecule has 0 bridgehead atoms. The molecule has 1 heterocycles. The van der Waals surface area contributed by atoms with Crippen molar-refractivity contribution in [3.05, 3.63) is 28.5 Å². The van der Waals surface area contributed by atoms with E-state index in [-0.39, 0.29) is 27.9 Å². The second-order valence-electron chi connectivity index (χ2n) is 5.41. The molecule has 1 aliphatic rings. The molecule has 0 aromatic heterocycles. The van der Waals surface area contributed by atoms with Gasteiger partial charge in [-0.2, -0.15) is 0 Å². The third kappa shape index (κ3) is 4.87. The van der Waals surface area contributed by atoms with Gasteiger partial charge >= 0.3 is 0 Å². The Morgan fingerprint density at radius 2 is 2.17 bits per heavy atom. The molecule has 1 saturated heterocycles. The summed E-state index contributed by atoms with van der Waals surface area (Å²) < 4.78 is 40.3. The first kappa shape index (κ1) is 18.1. The average Bonchev–Trinajstić information content (AvgIpc) is 2.47. The van der Waals surface area contributed by atoms with Gasteiger partial charge in [0.05, 0.1) is 11.6 Å². The van der Waals surface area contributed by atoms with E-state index in [0.717, 1.165) is 12.6 Å². The number of rotatable bonds is 6. The number of hydrogen-bond acceptors (Lipinski definition) is 4. The van der Waals surface area contributed by atoms with Crippen molar-refractivity contribution in [2.45, 2.75) is 18.2 Å². The van der Waals surface area contributed by atoms with E-state index < -0.39 is 15.8 Å². The largest absolute Gasteiger partial charge is 0.354 e. The maximum atomic E-state index is 13.4. The van der Waals surface area contributed by atoms with Gasteiger partial charge in [0, 0.05) is 19.6 Å². The van der Waals surface area contributed by atoms with E-state index in [1.807, 2.05) is 4.90 Å². The van der Waals surface area contributed by atoms with Crippen molar-refractivity contribution >= 4 is 27.5 Å². The fraction of sp³-hybridized carbons (Fsp3) is 0.500. The minimum Gasteiger partial charge on any atom is -0.354 e. The van der Waals surface area contributed by atoms with Crippen LogP contribution >= 0.6 is 11.6 Å². The van der Waals surface area contributed by atoms with Crippen molar-refractivity contribution in [3.8, 4) is 0 Å². The zero-order valence-electron chi connectivity index (χ0n) is 12.7. The quantitative estimate of drug-likeness (QED) is 0.736. The molecule has 0 radical (unpaired) electrons. The Kier molecular flexibility index (Phi) is 5.96. The lowest BCUT2D eigenvalue weighted by molar-refractivity contribution is -0.124. The van der Waals surface area contributed by atoms with E-state index in [1.54, 1.807) is 0 Å². The highest BCUT2D eigenvalue weighted by molar-refractivity contribution is 7.89. The molecule has 0 atom stereocenters. The molecule has 1 aromatic carbocycles. The maximum Gasteiger partial charge on any atom is 0.242 e. The number of sulfonamides is 1. The van der Waals surface area contributed by atoms with Crippen molar-refractivity contribution < 1.29 is 17.6 Å². The summed E-state index contributed by atoms with van der Waals surface area (Å²) in [5.41, 5.74) is 0.217. The first-order chi connectivity index (χ1) is 10.8. The van der Waals surface area contributed by atoms with Crippen LogP contribution in [0.4, 0.5) is 4.39 Å². The molecule has 1 amide bonds. The van der Waals surface area contributed by atoms with E-state index >= 15 is 0 Å². The molecule has 9 heteroatoms. The van der Waals surface area contributed by atoms with Gasteiger partial charge in [0.25, 0.3) is 0 Å². The summed E-state index contributed by atoms with van der Waals surface area (Å²) in [4.78, 5) is 13.1. The van der Waals surface area contributed by atoms with E-state index in [9.17, 15) is 17.6 Å². The molecule has 2 rings (SSSR count). The Morgan fingerprint density at radius 1 is 1.43 bits per heavy atom. The van der Waals surface area contributed by atoms with Crippen LogP contribution in [0.15, 0.2) is 17.0 Å². The van der Waals surface area contributed by atoms with Crippen molar-refractivity contribution in [1.82, 2.24) is 14.9 Å². The van der Waals surface area contributed by atoms with Crippen LogP contribution in [0.25, 0.3) is 0 Å². The van der Waals surface area contributed by atoms with Crippen molar-refractivity contribution in [3.63, 3.8) is 0 Å². The number of hydrogen-bond donors (Lipinski definition) is 2. The molecule has 1 aromatic rings. The number of halogens is 2. The normalized spacial score (nSPS) is 16.4. The smallest absolute Gasteiger partial charge is 0.242 e. The molecule has 0 saturated carbocycles. The van der Waals surface area contributed by atoms with Gasteiger partial charge in [-0.1, -0.05) is 11.6 Å². The fourth-order valence-corrected chi connectivity index (χ4v) is 3.98. The summed E-state index contributed by atoms with van der Waals surface area (Å²) in [5, 5.41) is 2.58. The van der Waals surface area contributed by atoms with Crippen molar-refractivity contribution in [2.24, 2.45) is 0 Å². The topological polar surface area (TPSA) is 78.5 Å². The van der Waals surface area contributed by atoms with E-state index in [4.69, 9.17) is 11.6 Å². The predicted molar refractivity (Wildman–Crippen MR) is 85.4 cm³/mol. The standard InChI is InChI=1S/C14H19ClFN3O3S/c1-10-7-13(11(15)8-12(10)16)23(21,22)18-3-2-5-19-6-4-17-14(20)9-19/h7-8,18H,2-6,9H2,1H3,(H,17,20). The number of piperazine rings is 1. The van der Waals surface area contributed by atoms with Gasteiger partial charge in [-0.3, -0.25) is 9.69 Å². The van der Waals surface area contributed by atoms with Crippen LogP contribution in [0.5, 0.6) is 0 Å². The van der Waals surface area contributed by atoms with Crippen LogP contribution in [0.2, 0.25) is 5.02 Å². The molecule has 1 fully saturated rings. The number of amides is 1. The number of aryl methyl sites for hydroxylation is 1. The zero-order chi connectivity index (χ0) is 17.0. The molecule has 2 N–H and O–H groups in total. The minimum atomic E-state index is -3.79. The minimum absolute atomic E-state index is 0.0228. The molecule has 6 nitrogen and oxygen atoms in total. The second-order valence-corrected chi connectivity index (χ2v) is 7.55. The number of carbonyl (C=O) groups excluding carboxylic acids is 1. The Labute approximate surface area is 140 Å². The van der Waals surface area contributed by atoms with Crippen LogP contribution in [0.1, 0.15) is 12.0 Å². The molecule has 128 valence electrons. The zero-order valence-corrected chi connectivity index (χ0v) is 14.3. The van der Waals surface area contributed by atoms with Gasteiger partial charge in [-0.05, 0) is 37.6 Å². The lowest BCUT2D eigenvalue weighted by Gasteiger charge is -2.26. The monoisotopic (exact) mass is 363 g/mol. The summed E-state index contributed by atoms with van der Waals surface area (Å²) in [5.74, 6) is -0.567. The summed E-state index contributed by atoms with van der Waals surface area (Å²) in [6, 6.07) is 2.22. The van der Waals surface area contributed by atoms with Crippen LogP contribution in [0.3, 0.4) is 0 Å². The third-order valence-corrected chi connectivity index (χ3v) is 5.49. The molecular weight excluding hydrogens is 345 g/mol. The first-order valence-electron chi connectivity index (χ1n) is 7.24. The molecule has 23 heavy (non-hydrogen) atoms. The predicted octanol–water partition coefficient (Wildman–Crippen LogP) is 0.888. The van der Waals surface area contributed by atoms with Gasteiger partial charge in [0.2, 0.25) is 15.9 Å². The fourth-order valence-electron chi connectivity index (χ4n) is 2.31. The van der Waals surface area contributed by atoms with Crippen LogP contribution in [0, 0.1) is 12.7 Å². The third-order valence-electron chi connectivity index (χ3n) is 3.56. The lowest BCUT2D eigenvalue weighted by atomic mass is 10.2. The number of nitrogens with one attached hydrogen (secondary N) is 2. The highest BCUT2D eigenvalue weighted by atomic mass is 35.5. The lowest BCUT2D eigenvalue weighted by Crippen LogP contribution is -2.48. The summed E-state index contributed by atoms with van der Waals surface area (Å²) in [6.45, 7) is 4.00. The number of benzene rings is 1. The van der Waals surface area contributed by atoms with Gasteiger partial charge in [0.1, 0.15) is 10.7 Å². The number of nitrogens with zero attached hydrogens (tertiary/aromatic N) is 1. The average molecular weight is 364 g/mol. The van der Waals surface area contributed by atoms with E-state index in [0.29, 0.717) is 26.1 Å². The molecule has 0 spiro atoms. The van der Waals surface area contributed by atoms with Crippen LogP contribution in [-0.2, 0) is 14.8 Å². The summed E-state index contributed by atoms with van der Waals surface area (Å²) in [7, 11) is -3.79. The second kappa shape index (κ2) is 7.57. The highest BCUT2D eigenvalue weighted by Gasteiger charge is 2.20. The Bertz CT molecular complexity index is 697. The Morgan fingerprint density at radius 3 is 2.87 bits per heavy atom. The van der Waals surface area contributed by atoms with E-state index in [1.165, 1.54) is 13.0 Å². The van der Waals surface area contributed by atoms with Crippen molar-refractivity contribution in [2.75, 3.05) is 32.7 Å². The highest BCUT2D eigenvalue weighted by Crippen LogP contribution is 2.24. The van der Waals surface area contributed by atoms with Gasteiger partial charge < -0.3 is 5.32 Å². The molecule has 0 aliphatic carbocycles. The van der Waals surface area contributed by atoms with Gasteiger partial charge in [-0.25, -0.2) is 17.5 Å². The Hall–Kier alpha value is -1.22. The number of carbonyl (C=O) groups is 1. The van der Waals surface area contributed by atoms with E-state index in [2.05, 4.69) is 10.0 Å². The molecular formula is C14H19ClFN3O3S. The van der Waals surface area contributed by atoms with Crippen LogP contribution < -0.4 is 10.0 Å². The first-order valence-corrected chi connectivity index (χ1v) is 9.10.